The lowest BCUT2D eigenvalue weighted by Crippen LogP contribution is -2.26. The van der Waals surface area contributed by atoms with E-state index < -0.39 is 11.0 Å². The molecule has 1 amide bonds. The second kappa shape index (κ2) is 4.99. The molecular formula is C7H9FN2O3S. The number of halogens is 1. The Morgan fingerprint density at radius 1 is 1.79 bits per heavy atom. The first-order valence-corrected chi connectivity index (χ1v) is 4.62. The number of hydroxylamine groups is 1. The highest BCUT2D eigenvalue weighted by Crippen LogP contribution is 2.14. The molecule has 7 heteroatoms. The van der Waals surface area contributed by atoms with Gasteiger partial charge in [0.2, 0.25) is 5.13 Å². The van der Waals surface area contributed by atoms with Crippen molar-refractivity contribution in [2.24, 2.45) is 0 Å². The smallest absolute Gasteiger partial charge is 0.297 e. The largest absolute Gasteiger partial charge is 0.394 e. The van der Waals surface area contributed by atoms with Crippen molar-refractivity contribution in [3.63, 3.8) is 0 Å². The molecule has 0 atom stereocenters. The van der Waals surface area contributed by atoms with Gasteiger partial charge in [-0.1, -0.05) is 11.3 Å². The van der Waals surface area contributed by atoms with Gasteiger partial charge >= 0.3 is 0 Å². The van der Waals surface area contributed by atoms with Gasteiger partial charge in [0.1, 0.15) is 0 Å². The number of rotatable bonds is 4. The normalized spacial score (nSPS) is 10.2. The first-order chi connectivity index (χ1) is 6.65. The number of hydrogen-bond donors (Lipinski definition) is 2. The molecule has 0 spiro atoms. The fraction of sp³-hybridized carbons (Fsp3) is 0.429. The fourth-order valence-corrected chi connectivity index (χ4v) is 1.38. The van der Waals surface area contributed by atoms with Crippen LogP contribution in [0.3, 0.4) is 0 Å². The van der Waals surface area contributed by atoms with Crippen molar-refractivity contribution in [3.8, 4) is 0 Å². The minimum Gasteiger partial charge on any atom is -0.394 e. The molecule has 0 fully saturated rings. The molecule has 0 bridgehead atoms. The lowest BCUT2D eigenvalue weighted by Gasteiger charge is -2.01. The Morgan fingerprint density at radius 2 is 2.50 bits per heavy atom. The van der Waals surface area contributed by atoms with Crippen LogP contribution in [0, 0.1) is 12.1 Å². The third-order valence-electron chi connectivity index (χ3n) is 1.27. The summed E-state index contributed by atoms with van der Waals surface area (Å²) in [6, 6.07) is 0. The Hall–Kier alpha value is -1.05. The van der Waals surface area contributed by atoms with Gasteiger partial charge in [-0.05, 0) is 6.92 Å². The summed E-state index contributed by atoms with van der Waals surface area (Å²) in [5.74, 6) is -0.750. The van der Waals surface area contributed by atoms with Gasteiger partial charge in [-0.2, -0.15) is 4.39 Å². The SMILES string of the molecule is Cc1nc(C(=O)NOCCO)c(F)s1. The molecule has 2 N–H and O–H groups in total. The molecule has 1 aromatic rings. The van der Waals surface area contributed by atoms with E-state index in [1.807, 2.05) is 5.48 Å². The van der Waals surface area contributed by atoms with Crippen LogP contribution in [-0.4, -0.2) is 29.2 Å². The summed E-state index contributed by atoms with van der Waals surface area (Å²) in [6.07, 6.45) is 0. The second-order valence-corrected chi connectivity index (χ2v) is 3.51. The molecule has 0 saturated heterocycles. The van der Waals surface area contributed by atoms with E-state index in [1.54, 1.807) is 6.92 Å². The topological polar surface area (TPSA) is 71.5 Å². The van der Waals surface area contributed by atoms with Gasteiger partial charge in [-0.15, -0.1) is 0 Å². The van der Waals surface area contributed by atoms with Crippen molar-refractivity contribution in [2.75, 3.05) is 13.2 Å². The summed E-state index contributed by atoms with van der Waals surface area (Å²) in [5, 5.41) is 8.17. The lowest BCUT2D eigenvalue weighted by atomic mass is 10.5. The Kier molecular flexibility index (Phi) is 3.93. The summed E-state index contributed by atoms with van der Waals surface area (Å²) in [6.45, 7) is 1.33. The van der Waals surface area contributed by atoms with Crippen LogP contribution in [-0.2, 0) is 4.84 Å². The molecule has 14 heavy (non-hydrogen) atoms. The summed E-state index contributed by atoms with van der Waals surface area (Å²) in [7, 11) is 0. The molecule has 0 unspecified atom stereocenters. The van der Waals surface area contributed by atoms with Gasteiger partial charge < -0.3 is 5.11 Å². The molecule has 0 saturated carbocycles. The molecule has 1 heterocycles. The average molecular weight is 220 g/mol. The van der Waals surface area contributed by atoms with Crippen molar-refractivity contribution in [1.29, 1.82) is 0 Å². The van der Waals surface area contributed by atoms with Crippen molar-refractivity contribution in [2.45, 2.75) is 6.92 Å². The van der Waals surface area contributed by atoms with Crippen LogP contribution >= 0.6 is 11.3 Å². The van der Waals surface area contributed by atoms with Gasteiger partial charge in [-0.25, -0.2) is 10.5 Å². The summed E-state index contributed by atoms with van der Waals surface area (Å²) < 4.78 is 13.0. The highest BCUT2D eigenvalue weighted by Gasteiger charge is 2.16. The molecule has 0 aliphatic heterocycles. The highest BCUT2D eigenvalue weighted by atomic mass is 32.1. The third kappa shape index (κ3) is 2.72. The minimum absolute atomic E-state index is 0.0452. The van der Waals surface area contributed by atoms with Crippen LogP contribution in [0.15, 0.2) is 0 Å². The number of thiazole rings is 1. The summed E-state index contributed by atoms with van der Waals surface area (Å²) in [4.78, 5) is 19.3. The minimum atomic E-state index is -0.750. The van der Waals surface area contributed by atoms with Gasteiger partial charge in [0.15, 0.2) is 5.69 Å². The van der Waals surface area contributed by atoms with E-state index in [0.717, 1.165) is 11.3 Å². The number of carbonyl (C=O) groups is 1. The van der Waals surface area contributed by atoms with E-state index in [4.69, 9.17) is 5.11 Å². The second-order valence-electron chi connectivity index (χ2n) is 2.36. The van der Waals surface area contributed by atoms with Crippen molar-refractivity contribution in [1.82, 2.24) is 10.5 Å². The third-order valence-corrected chi connectivity index (χ3v) is 2.03. The molecule has 0 aliphatic rings. The molecule has 78 valence electrons. The van der Waals surface area contributed by atoms with Crippen LogP contribution in [0.4, 0.5) is 4.39 Å². The molecular weight excluding hydrogens is 211 g/mol. The molecule has 5 nitrogen and oxygen atoms in total. The predicted molar refractivity (Wildman–Crippen MR) is 47.3 cm³/mol. The summed E-state index contributed by atoms with van der Waals surface area (Å²) in [5.41, 5.74) is 1.67. The number of aromatic nitrogens is 1. The molecule has 0 aromatic carbocycles. The number of nitrogens with zero attached hydrogens (tertiary/aromatic N) is 1. The first-order valence-electron chi connectivity index (χ1n) is 3.81. The van der Waals surface area contributed by atoms with Crippen molar-refractivity contribution in [3.05, 3.63) is 15.8 Å². The lowest BCUT2D eigenvalue weighted by molar-refractivity contribution is 0.0162. The number of aryl methyl sites for hydroxylation is 1. The number of aliphatic hydroxyl groups is 1. The van der Waals surface area contributed by atoms with Crippen LogP contribution in [0.1, 0.15) is 15.5 Å². The van der Waals surface area contributed by atoms with Crippen LogP contribution in [0.5, 0.6) is 0 Å². The standard InChI is InChI=1S/C7H9FN2O3S/c1-4-9-5(6(8)14-4)7(12)10-13-3-2-11/h11H,2-3H2,1H3,(H,10,12). The zero-order valence-corrected chi connectivity index (χ0v) is 8.23. The Bertz CT molecular complexity index is 329. The molecule has 1 rings (SSSR count). The fourth-order valence-electron chi connectivity index (χ4n) is 0.753. The number of hydrogen-bond acceptors (Lipinski definition) is 5. The van der Waals surface area contributed by atoms with E-state index >= 15 is 0 Å². The van der Waals surface area contributed by atoms with E-state index in [9.17, 15) is 9.18 Å². The van der Waals surface area contributed by atoms with Crippen LogP contribution < -0.4 is 5.48 Å². The van der Waals surface area contributed by atoms with Crippen molar-refractivity contribution >= 4 is 17.2 Å². The number of aliphatic hydroxyl groups excluding tert-OH is 1. The van der Waals surface area contributed by atoms with E-state index in [-0.39, 0.29) is 18.9 Å². The Labute approximate surface area is 83.5 Å². The zero-order valence-electron chi connectivity index (χ0n) is 7.41. The summed E-state index contributed by atoms with van der Waals surface area (Å²) >= 11 is 0.793. The first kappa shape index (κ1) is 11.0. The Balaban J connectivity index is 2.56. The Morgan fingerprint density at radius 3 is 3.00 bits per heavy atom. The predicted octanol–water partition coefficient (Wildman–Crippen LogP) is 0.244. The van der Waals surface area contributed by atoms with Crippen molar-refractivity contribution < 1.29 is 19.1 Å². The van der Waals surface area contributed by atoms with Gasteiger partial charge in [0.25, 0.3) is 5.91 Å². The van der Waals surface area contributed by atoms with Gasteiger partial charge in [0, 0.05) is 0 Å². The zero-order chi connectivity index (χ0) is 10.6. The number of amides is 1. The molecule has 0 aliphatic carbocycles. The molecule has 0 radical (unpaired) electrons. The van der Waals surface area contributed by atoms with E-state index in [1.165, 1.54) is 0 Å². The monoisotopic (exact) mass is 220 g/mol. The van der Waals surface area contributed by atoms with E-state index in [2.05, 4.69) is 9.82 Å². The number of carbonyl (C=O) groups excluding carboxylic acids is 1. The van der Waals surface area contributed by atoms with Crippen LogP contribution in [0.25, 0.3) is 0 Å². The average Bonchev–Trinajstić information content (AvgIpc) is 2.45. The van der Waals surface area contributed by atoms with E-state index in [0.29, 0.717) is 5.01 Å². The van der Waals surface area contributed by atoms with Gasteiger partial charge in [0.05, 0.1) is 18.2 Å². The quantitative estimate of drug-likeness (QED) is 0.563. The maximum Gasteiger partial charge on any atom is 0.297 e. The van der Waals surface area contributed by atoms with Gasteiger partial charge in [-0.3, -0.25) is 9.63 Å². The highest BCUT2D eigenvalue weighted by molar-refractivity contribution is 7.10. The molecule has 1 aromatic heterocycles. The maximum absolute atomic E-state index is 13.0. The number of nitrogens with one attached hydrogen (secondary N) is 1. The van der Waals surface area contributed by atoms with Crippen LogP contribution in [0.2, 0.25) is 0 Å². The maximum atomic E-state index is 13.0.